The van der Waals surface area contributed by atoms with Crippen LogP contribution in [-0.2, 0) is 6.54 Å². The Morgan fingerprint density at radius 1 is 1.08 bits per heavy atom. The van der Waals surface area contributed by atoms with Crippen LogP contribution in [0.4, 0.5) is 11.5 Å². The number of nitrogen functional groups attached to an aromatic ring is 1. The van der Waals surface area contributed by atoms with Gasteiger partial charge in [-0.05, 0) is 34.4 Å². The van der Waals surface area contributed by atoms with Crippen LogP contribution in [0.25, 0.3) is 11.3 Å². The quantitative estimate of drug-likeness (QED) is 0.746. The van der Waals surface area contributed by atoms with Gasteiger partial charge in [0, 0.05) is 36.9 Å². The average molecular weight is 335 g/mol. The van der Waals surface area contributed by atoms with Gasteiger partial charge in [-0.3, -0.25) is 4.90 Å². The molecule has 2 aromatic carbocycles. The van der Waals surface area contributed by atoms with E-state index in [1.807, 2.05) is 24.3 Å². The van der Waals surface area contributed by atoms with Crippen molar-refractivity contribution in [1.29, 1.82) is 0 Å². The first-order chi connectivity index (χ1) is 12.3. The van der Waals surface area contributed by atoms with Crippen LogP contribution in [0.15, 0.2) is 59.2 Å². The van der Waals surface area contributed by atoms with Crippen LogP contribution in [0.1, 0.15) is 12.0 Å². The summed E-state index contributed by atoms with van der Waals surface area (Å²) in [5.41, 5.74) is 9.69. The summed E-state index contributed by atoms with van der Waals surface area (Å²) in [4.78, 5) is 2.49. The third-order valence-corrected chi connectivity index (χ3v) is 4.56. The molecule has 3 aromatic rings. The van der Waals surface area contributed by atoms with Crippen LogP contribution in [0, 0.1) is 0 Å². The summed E-state index contributed by atoms with van der Waals surface area (Å²) in [6.07, 6.45) is 1.15. The van der Waals surface area contributed by atoms with Crippen molar-refractivity contribution >= 4 is 11.5 Å². The molecule has 1 aromatic heterocycles. The van der Waals surface area contributed by atoms with E-state index in [1.165, 1.54) is 5.56 Å². The highest BCUT2D eigenvalue weighted by Gasteiger charge is 2.22. The third kappa shape index (κ3) is 3.64. The van der Waals surface area contributed by atoms with Gasteiger partial charge in [0.25, 0.3) is 0 Å². The van der Waals surface area contributed by atoms with Gasteiger partial charge in [0.15, 0.2) is 11.5 Å². The molecule has 25 heavy (non-hydrogen) atoms. The van der Waals surface area contributed by atoms with E-state index in [0.29, 0.717) is 17.6 Å². The number of hydrogen-bond acceptors (Lipinski definition) is 6. The number of hydrogen-bond donors (Lipinski definition) is 2. The number of rotatable bonds is 5. The largest absolute Gasteiger partial charge is 0.381 e. The molecule has 0 radical (unpaired) electrons. The zero-order valence-corrected chi connectivity index (χ0v) is 13.9. The Morgan fingerprint density at radius 2 is 1.88 bits per heavy atom. The minimum atomic E-state index is 0.313. The van der Waals surface area contributed by atoms with Crippen molar-refractivity contribution in [3.05, 3.63) is 60.2 Å². The molecule has 1 unspecified atom stereocenters. The number of likely N-dealkylation sites (tertiary alicyclic amines) is 1. The Hall–Kier alpha value is -2.86. The fourth-order valence-corrected chi connectivity index (χ4v) is 3.29. The Bertz CT molecular complexity index is 815. The second kappa shape index (κ2) is 6.94. The third-order valence-electron chi connectivity index (χ3n) is 4.56. The summed E-state index contributed by atoms with van der Waals surface area (Å²) in [5.74, 6) is 0.313. The van der Waals surface area contributed by atoms with Crippen molar-refractivity contribution in [1.82, 2.24) is 15.2 Å². The fraction of sp³-hybridized carbons (Fsp3) is 0.263. The van der Waals surface area contributed by atoms with Crippen LogP contribution in [-0.4, -0.2) is 34.3 Å². The second-order valence-corrected chi connectivity index (χ2v) is 6.43. The highest BCUT2D eigenvalue weighted by molar-refractivity contribution is 5.70. The molecule has 128 valence electrons. The number of nitrogens with one attached hydrogen (secondary N) is 1. The molecule has 0 amide bonds. The van der Waals surface area contributed by atoms with E-state index in [1.54, 1.807) is 0 Å². The van der Waals surface area contributed by atoms with Crippen molar-refractivity contribution in [2.24, 2.45) is 0 Å². The van der Waals surface area contributed by atoms with Crippen molar-refractivity contribution in [3.63, 3.8) is 0 Å². The van der Waals surface area contributed by atoms with E-state index in [9.17, 15) is 0 Å². The molecule has 3 N–H and O–H groups in total. The fourth-order valence-electron chi connectivity index (χ4n) is 3.29. The van der Waals surface area contributed by atoms with Crippen molar-refractivity contribution < 1.29 is 4.63 Å². The van der Waals surface area contributed by atoms with Crippen molar-refractivity contribution in [3.8, 4) is 11.3 Å². The summed E-state index contributed by atoms with van der Waals surface area (Å²) in [6, 6.07) is 19.1. The molecule has 4 rings (SSSR count). The predicted octanol–water partition coefficient (Wildman–Crippen LogP) is 3.01. The van der Waals surface area contributed by atoms with Gasteiger partial charge >= 0.3 is 0 Å². The summed E-state index contributed by atoms with van der Waals surface area (Å²) >= 11 is 0. The van der Waals surface area contributed by atoms with Crippen LogP contribution < -0.4 is 11.1 Å². The zero-order chi connectivity index (χ0) is 17.1. The number of aromatic nitrogens is 2. The van der Waals surface area contributed by atoms with Crippen LogP contribution in [0.3, 0.4) is 0 Å². The van der Waals surface area contributed by atoms with Crippen molar-refractivity contribution in [2.45, 2.75) is 19.0 Å². The minimum Gasteiger partial charge on any atom is -0.381 e. The first-order valence-electron chi connectivity index (χ1n) is 8.49. The summed E-state index contributed by atoms with van der Waals surface area (Å²) in [6.45, 7) is 3.18. The topological polar surface area (TPSA) is 80.2 Å². The van der Waals surface area contributed by atoms with Gasteiger partial charge in [0.05, 0.1) is 0 Å². The van der Waals surface area contributed by atoms with Crippen LogP contribution in [0.2, 0.25) is 0 Å². The van der Waals surface area contributed by atoms with Gasteiger partial charge in [0.2, 0.25) is 0 Å². The molecule has 1 aliphatic heterocycles. The van der Waals surface area contributed by atoms with Gasteiger partial charge < -0.3 is 11.1 Å². The molecular weight excluding hydrogens is 314 g/mol. The molecule has 6 heteroatoms. The maximum atomic E-state index is 5.73. The lowest BCUT2D eigenvalue weighted by Crippen LogP contribution is -2.25. The maximum Gasteiger partial charge on any atom is 0.196 e. The normalized spacial score (nSPS) is 17.7. The van der Waals surface area contributed by atoms with Gasteiger partial charge in [-0.1, -0.05) is 42.5 Å². The number of benzene rings is 2. The molecule has 0 saturated carbocycles. The Kier molecular flexibility index (Phi) is 4.35. The van der Waals surface area contributed by atoms with Gasteiger partial charge in [-0.2, -0.15) is 0 Å². The van der Waals surface area contributed by atoms with E-state index in [-0.39, 0.29) is 0 Å². The predicted molar refractivity (Wildman–Crippen MR) is 97.9 cm³/mol. The van der Waals surface area contributed by atoms with E-state index in [2.05, 4.69) is 55.5 Å². The lowest BCUT2D eigenvalue weighted by atomic mass is 10.1. The van der Waals surface area contributed by atoms with E-state index >= 15 is 0 Å². The zero-order valence-electron chi connectivity index (χ0n) is 13.9. The molecule has 1 fully saturated rings. The molecular formula is C19H21N5O. The van der Waals surface area contributed by atoms with Crippen LogP contribution in [0.5, 0.6) is 0 Å². The molecule has 0 spiro atoms. The van der Waals surface area contributed by atoms with E-state index in [0.717, 1.165) is 37.3 Å². The van der Waals surface area contributed by atoms with Crippen LogP contribution >= 0.6 is 0 Å². The van der Waals surface area contributed by atoms with Gasteiger partial charge in [0.1, 0.15) is 0 Å². The highest BCUT2D eigenvalue weighted by Crippen LogP contribution is 2.24. The molecule has 1 saturated heterocycles. The Morgan fingerprint density at radius 3 is 2.60 bits per heavy atom. The van der Waals surface area contributed by atoms with Gasteiger partial charge in [-0.25, -0.2) is 4.63 Å². The summed E-state index contributed by atoms with van der Waals surface area (Å²) in [7, 11) is 0. The lowest BCUT2D eigenvalue weighted by molar-refractivity contribution is 0.310. The molecule has 1 aliphatic rings. The Balaban J connectivity index is 1.34. The van der Waals surface area contributed by atoms with E-state index < -0.39 is 0 Å². The Labute approximate surface area is 146 Å². The summed E-state index contributed by atoms with van der Waals surface area (Å²) < 4.78 is 4.65. The van der Waals surface area contributed by atoms with Gasteiger partial charge in [-0.15, -0.1) is 0 Å². The standard InChI is InChI=1S/C19H21N5O/c20-19-18(22-25-23-19)15-6-8-16(9-7-15)21-17-10-11-24(13-17)12-14-4-2-1-3-5-14/h1-9,17,21H,10-13H2,(H2,20,23). The van der Waals surface area contributed by atoms with E-state index in [4.69, 9.17) is 5.73 Å². The molecule has 2 heterocycles. The minimum absolute atomic E-state index is 0.313. The average Bonchev–Trinajstić information content (AvgIpc) is 3.26. The number of nitrogens with zero attached hydrogens (tertiary/aromatic N) is 3. The highest BCUT2D eigenvalue weighted by atomic mass is 16.6. The number of anilines is 2. The lowest BCUT2D eigenvalue weighted by Gasteiger charge is -2.17. The number of nitrogens with two attached hydrogens (primary N) is 1. The SMILES string of the molecule is Nc1nonc1-c1ccc(NC2CCN(Cc3ccccc3)C2)cc1. The second-order valence-electron chi connectivity index (χ2n) is 6.43. The molecule has 1 atom stereocenters. The maximum absolute atomic E-state index is 5.73. The van der Waals surface area contributed by atoms with Crippen molar-refractivity contribution in [2.75, 3.05) is 24.1 Å². The first kappa shape index (κ1) is 15.7. The first-order valence-corrected chi connectivity index (χ1v) is 8.49. The smallest absolute Gasteiger partial charge is 0.196 e. The molecule has 0 aliphatic carbocycles. The summed E-state index contributed by atoms with van der Waals surface area (Å²) in [5, 5.41) is 11.1. The monoisotopic (exact) mass is 335 g/mol. The molecule has 0 bridgehead atoms. The molecule has 6 nitrogen and oxygen atoms in total.